The molecule has 1 aromatic rings. The zero-order valence-corrected chi connectivity index (χ0v) is 17.2. The summed E-state index contributed by atoms with van der Waals surface area (Å²) in [6.45, 7) is 8.78. The van der Waals surface area contributed by atoms with Crippen LogP contribution in [0.3, 0.4) is 0 Å². The molecule has 1 aliphatic rings. The van der Waals surface area contributed by atoms with Gasteiger partial charge in [0.15, 0.2) is 0 Å². The van der Waals surface area contributed by atoms with Gasteiger partial charge in [-0.2, -0.15) is 0 Å². The molecule has 26 heavy (non-hydrogen) atoms. The van der Waals surface area contributed by atoms with E-state index in [1.54, 1.807) is 6.92 Å². The third kappa shape index (κ3) is 8.60. The lowest BCUT2D eigenvalue weighted by Crippen LogP contribution is -2.54. The Hall–Kier alpha value is -0.990. The minimum absolute atomic E-state index is 0.00571. The van der Waals surface area contributed by atoms with Crippen molar-refractivity contribution in [3.63, 3.8) is 0 Å². The van der Waals surface area contributed by atoms with Crippen molar-refractivity contribution in [1.82, 2.24) is 26.2 Å². The van der Waals surface area contributed by atoms with Gasteiger partial charge < -0.3 is 21.3 Å². The van der Waals surface area contributed by atoms with Crippen molar-refractivity contribution in [2.75, 3.05) is 45.8 Å². The van der Waals surface area contributed by atoms with Gasteiger partial charge in [0.25, 0.3) is 0 Å². The van der Waals surface area contributed by atoms with Crippen molar-refractivity contribution in [3.8, 4) is 0 Å². The van der Waals surface area contributed by atoms with Gasteiger partial charge in [0.05, 0.1) is 6.17 Å². The van der Waals surface area contributed by atoms with E-state index >= 15 is 0 Å². The molecule has 7 heteroatoms. The van der Waals surface area contributed by atoms with E-state index in [-0.39, 0.29) is 12.1 Å². The SMILES string of the molecule is CC(=O)NC1CNCC(Br)CNCCNCCCN1Cc1ccccc1. The number of halogens is 1. The number of nitrogens with zero attached hydrogens (tertiary/aromatic N) is 1. The highest BCUT2D eigenvalue weighted by Gasteiger charge is 2.20. The van der Waals surface area contributed by atoms with Crippen molar-refractivity contribution in [2.45, 2.75) is 30.9 Å². The molecule has 2 unspecified atom stereocenters. The summed E-state index contributed by atoms with van der Waals surface area (Å²) < 4.78 is 0. The number of benzene rings is 1. The number of amides is 1. The molecule has 4 N–H and O–H groups in total. The van der Waals surface area contributed by atoms with Gasteiger partial charge in [0.2, 0.25) is 5.91 Å². The molecule has 0 saturated carbocycles. The maximum absolute atomic E-state index is 11.8. The molecule has 0 spiro atoms. The zero-order valence-electron chi connectivity index (χ0n) is 15.6. The Balaban J connectivity index is 2.05. The van der Waals surface area contributed by atoms with Crippen molar-refractivity contribution in [3.05, 3.63) is 35.9 Å². The van der Waals surface area contributed by atoms with Crippen LogP contribution in [0.1, 0.15) is 18.9 Å². The van der Waals surface area contributed by atoms with Crippen LogP contribution in [-0.4, -0.2) is 67.6 Å². The van der Waals surface area contributed by atoms with E-state index in [4.69, 9.17) is 0 Å². The van der Waals surface area contributed by atoms with Gasteiger partial charge in [-0.1, -0.05) is 46.3 Å². The molecule has 1 heterocycles. The van der Waals surface area contributed by atoms with Crippen LogP contribution in [0, 0.1) is 0 Å². The van der Waals surface area contributed by atoms with Gasteiger partial charge in [-0.25, -0.2) is 0 Å². The number of hydrogen-bond donors (Lipinski definition) is 4. The first-order valence-electron chi connectivity index (χ1n) is 9.46. The largest absolute Gasteiger partial charge is 0.340 e. The number of carbonyl (C=O) groups excluding carboxylic acids is 1. The van der Waals surface area contributed by atoms with E-state index in [1.165, 1.54) is 5.56 Å². The highest BCUT2D eigenvalue weighted by atomic mass is 79.9. The van der Waals surface area contributed by atoms with E-state index in [1.807, 2.05) is 6.07 Å². The Kier molecular flexibility index (Phi) is 10.2. The first kappa shape index (κ1) is 21.3. The number of rotatable bonds is 3. The molecule has 0 aromatic heterocycles. The van der Waals surface area contributed by atoms with Crippen molar-refractivity contribution in [2.24, 2.45) is 0 Å². The molecular weight excluding hydrogens is 394 g/mol. The smallest absolute Gasteiger partial charge is 0.218 e. The minimum Gasteiger partial charge on any atom is -0.340 e. The van der Waals surface area contributed by atoms with Crippen LogP contribution in [0.4, 0.5) is 0 Å². The van der Waals surface area contributed by atoms with E-state index in [0.29, 0.717) is 4.83 Å². The topological polar surface area (TPSA) is 68.4 Å². The summed E-state index contributed by atoms with van der Waals surface area (Å²) in [5.74, 6) is 0.00571. The lowest BCUT2D eigenvalue weighted by Gasteiger charge is -2.33. The quantitative estimate of drug-likeness (QED) is 0.541. The molecule has 6 nitrogen and oxygen atoms in total. The van der Waals surface area contributed by atoms with Crippen LogP contribution in [-0.2, 0) is 11.3 Å². The van der Waals surface area contributed by atoms with Crippen LogP contribution in [0.15, 0.2) is 30.3 Å². The molecule has 1 fully saturated rings. The van der Waals surface area contributed by atoms with Gasteiger partial charge >= 0.3 is 0 Å². The maximum atomic E-state index is 11.8. The molecule has 0 radical (unpaired) electrons. The number of nitrogens with one attached hydrogen (secondary N) is 4. The van der Waals surface area contributed by atoms with Crippen molar-refractivity contribution < 1.29 is 4.79 Å². The van der Waals surface area contributed by atoms with E-state index in [9.17, 15) is 4.79 Å². The summed E-state index contributed by atoms with van der Waals surface area (Å²) in [5, 5.41) is 13.6. The normalized spacial score (nSPS) is 24.5. The van der Waals surface area contributed by atoms with E-state index in [0.717, 1.165) is 58.8 Å². The Morgan fingerprint density at radius 1 is 1.12 bits per heavy atom. The fourth-order valence-corrected chi connectivity index (χ4v) is 3.54. The van der Waals surface area contributed by atoms with Crippen molar-refractivity contribution in [1.29, 1.82) is 0 Å². The lowest BCUT2D eigenvalue weighted by molar-refractivity contribution is -0.121. The molecule has 1 amide bonds. The van der Waals surface area contributed by atoms with Gasteiger partial charge in [-0.05, 0) is 18.5 Å². The number of carbonyl (C=O) groups is 1. The predicted octanol–water partition coefficient (Wildman–Crippen LogP) is 0.887. The fourth-order valence-electron chi connectivity index (χ4n) is 3.09. The molecular formula is C19H32BrN5O. The average Bonchev–Trinajstić information content (AvgIpc) is 2.62. The third-order valence-electron chi connectivity index (χ3n) is 4.39. The predicted molar refractivity (Wildman–Crippen MR) is 110 cm³/mol. The Bertz CT molecular complexity index is 516. The highest BCUT2D eigenvalue weighted by Crippen LogP contribution is 2.08. The van der Waals surface area contributed by atoms with Crippen LogP contribution >= 0.6 is 15.9 Å². The number of hydrogen-bond acceptors (Lipinski definition) is 5. The van der Waals surface area contributed by atoms with Crippen LogP contribution < -0.4 is 21.3 Å². The summed E-state index contributed by atoms with van der Waals surface area (Å²) in [4.78, 5) is 14.5. The maximum Gasteiger partial charge on any atom is 0.218 e. The standard InChI is InChI=1S/C19H32BrN5O/c1-16(26)24-19-14-23-13-18(20)12-22-10-9-21-8-5-11-25(19)15-17-6-3-2-4-7-17/h2-4,6-7,18-19,21-23H,5,8-15H2,1H3,(H,24,26). The van der Waals surface area contributed by atoms with Crippen LogP contribution in [0.5, 0.6) is 0 Å². The van der Waals surface area contributed by atoms with Gasteiger partial charge in [-0.3, -0.25) is 9.69 Å². The molecule has 2 rings (SSSR count). The first-order valence-corrected chi connectivity index (χ1v) is 10.4. The molecule has 0 bridgehead atoms. The molecule has 1 aromatic carbocycles. The molecule has 1 saturated heterocycles. The Labute approximate surface area is 165 Å². The second-order valence-corrected chi connectivity index (χ2v) is 8.03. The number of alkyl halides is 1. The summed E-state index contributed by atoms with van der Waals surface area (Å²) in [7, 11) is 0. The van der Waals surface area contributed by atoms with E-state index < -0.39 is 0 Å². The lowest BCUT2D eigenvalue weighted by atomic mass is 10.2. The fraction of sp³-hybridized carbons (Fsp3) is 0.632. The average molecular weight is 426 g/mol. The first-order chi connectivity index (χ1) is 12.6. The Morgan fingerprint density at radius 2 is 1.85 bits per heavy atom. The van der Waals surface area contributed by atoms with Gasteiger partial charge in [0, 0.05) is 57.6 Å². The summed E-state index contributed by atoms with van der Waals surface area (Å²) >= 11 is 3.71. The zero-order chi connectivity index (χ0) is 18.6. The molecule has 0 aliphatic carbocycles. The Morgan fingerprint density at radius 3 is 2.62 bits per heavy atom. The summed E-state index contributed by atoms with van der Waals surface area (Å²) in [6.07, 6.45) is 1.02. The van der Waals surface area contributed by atoms with Crippen LogP contribution in [0.25, 0.3) is 0 Å². The van der Waals surface area contributed by atoms with Crippen LogP contribution in [0.2, 0.25) is 0 Å². The molecule has 1 aliphatic heterocycles. The van der Waals surface area contributed by atoms with Gasteiger partial charge in [-0.15, -0.1) is 0 Å². The second-order valence-electron chi connectivity index (χ2n) is 6.74. The summed E-state index contributed by atoms with van der Waals surface area (Å²) in [6, 6.07) is 10.4. The monoisotopic (exact) mass is 425 g/mol. The van der Waals surface area contributed by atoms with E-state index in [2.05, 4.69) is 66.4 Å². The molecule has 2 atom stereocenters. The second kappa shape index (κ2) is 12.4. The van der Waals surface area contributed by atoms with Gasteiger partial charge in [0.1, 0.15) is 0 Å². The third-order valence-corrected chi connectivity index (χ3v) is 5.03. The summed E-state index contributed by atoms with van der Waals surface area (Å²) in [5.41, 5.74) is 1.26. The van der Waals surface area contributed by atoms with Crippen molar-refractivity contribution >= 4 is 21.8 Å². The highest BCUT2D eigenvalue weighted by molar-refractivity contribution is 9.09. The minimum atomic E-state index is -0.0247. The molecule has 146 valence electrons.